The average Bonchev–Trinajstić information content (AvgIpc) is 3.49. The number of para-hydroxylation sites is 1. The Morgan fingerprint density at radius 2 is 1.47 bits per heavy atom. The SMILES string of the molecule is CC1(C)c2ccccc2-c2c1ccc1ccc3c(c4cc(Br)ccc4n3C3N=c4ccccc4=C(c4ccccc4)N3)c21. The number of aromatic nitrogens is 1. The fourth-order valence-electron chi connectivity index (χ4n) is 7.52. The van der Waals surface area contributed by atoms with Gasteiger partial charge < -0.3 is 9.88 Å². The van der Waals surface area contributed by atoms with Crippen molar-refractivity contribution >= 4 is 54.2 Å². The van der Waals surface area contributed by atoms with E-state index in [0.29, 0.717) is 0 Å². The Kier molecular flexibility index (Phi) is 5.16. The summed E-state index contributed by atoms with van der Waals surface area (Å²) in [6.07, 6.45) is -0.316. The van der Waals surface area contributed by atoms with Crippen molar-refractivity contribution in [2.75, 3.05) is 0 Å². The Morgan fingerprint density at radius 1 is 0.721 bits per heavy atom. The van der Waals surface area contributed by atoms with E-state index in [1.807, 2.05) is 0 Å². The number of benzene rings is 6. The lowest BCUT2D eigenvalue weighted by molar-refractivity contribution is 0.489. The Bertz CT molecular complexity index is 2420. The maximum atomic E-state index is 5.32. The predicted molar refractivity (Wildman–Crippen MR) is 181 cm³/mol. The van der Waals surface area contributed by atoms with E-state index in [4.69, 9.17) is 4.99 Å². The molecule has 0 fully saturated rings. The summed E-state index contributed by atoms with van der Waals surface area (Å²) >= 11 is 3.80. The Morgan fingerprint density at radius 3 is 2.35 bits per heavy atom. The lowest BCUT2D eigenvalue weighted by Gasteiger charge is -2.25. The van der Waals surface area contributed by atoms with E-state index in [1.54, 1.807) is 0 Å². The molecule has 2 heterocycles. The molecule has 1 aromatic heterocycles. The number of rotatable bonds is 2. The zero-order valence-corrected chi connectivity index (χ0v) is 25.5. The summed E-state index contributed by atoms with van der Waals surface area (Å²) in [5.41, 5.74) is 9.99. The molecule has 1 aliphatic carbocycles. The van der Waals surface area contributed by atoms with Crippen LogP contribution >= 0.6 is 15.9 Å². The number of halogens is 1. The van der Waals surface area contributed by atoms with Gasteiger partial charge in [-0.1, -0.05) is 121 Å². The second-order valence-corrected chi connectivity index (χ2v) is 13.1. The molecule has 1 atom stereocenters. The van der Waals surface area contributed by atoms with E-state index in [9.17, 15) is 0 Å². The van der Waals surface area contributed by atoms with E-state index < -0.39 is 0 Å². The highest BCUT2D eigenvalue weighted by atomic mass is 79.9. The fraction of sp³-hybridized carbons (Fsp3) is 0.103. The summed E-state index contributed by atoms with van der Waals surface area (Å²) in [7, 11) is 0. The van der Waals surface area contributed by atoms with Crippen molar-refractivity contribution in [1.82, 2.24) is 9.88 Å². The van der Waals surface area contributed by atoms with Crippen LogP contribution in [0.15, 0.2) is 131 Å². The molecule has 1 unspecified atom stereocenters. The van der Waals surface area contributed by atoms with Crippen molar-refractivity contribution in [3.63, 3.8) is 0 Å². The van der Waals surface area contributed by atoms with Gasteiger partial charge in [0, 0.05) is 25.9 Å². The van der Waals surface area contributed by atoms with Gasteiger partial charge in [-0.15, -0.1) is 0 Å². The van der Waals surface area contributed by atoms with Crippen LogP contribution in [0.4, 0.5) is 0 Å². The van der Waals surface area contributed by atoms with Gasteiger partial charge in [-0.05, 0) is 68.9 Å². The average molecular weight is 619 g/mol. The molecule has 206 valence electrons. The van der Waals surface area contributed by atoms with E-state index >= 15 is 0 Å². The number of nitrogens with one attached hydrogen (secondary N) is 1. The maximum absolute atomic E-state index is 5.32. The summed E-state index contributed by atoms with van der Waals surface area (Å²) < 4.78 is 3.46. The smallest absolute Gasteiger partial charge is 0.201 e. The molecule has 6 aromatic carbocycles. The molecule has 2 aliphatic rings. The highest BCUT2D eigenvalue weighted by Crippen LogP contribution is 2.53. The highest BCUT2D eigenvalue weighted by molar-refractivity contribution is 9.10. The van der Waals surface area contributed by atoms with Crippen molar-refractivity contribution < 1.29 is 0 Å². The normalized spacial score (nSPS) is 16.5. The molecule has 43 heavy (non-hydrogen) atoms. The molecule has 0 spiro atoms. The summed E-state index contributed by atoms with van der Waals surface area (Å²) in [6.45, 7) is 4.71. The minimum Gasteiger partial charge on any atom is -0.345 e. The van der Waals surface area contributed by atoms with Gasteiger partial charge in [0.15, 0.2) is 0 Å². The van der Waals surface area contributed by atoms with Gasteiger partial charge in [0.25, 0.3) is 0 Å². The quantitative estimate of drug-likeness (QED) is 0.207. The van der Waals surface area contributed by atoms with Crippen LogP contribution in [0.1, 0.15) is 36.8 Å². The third-order valence-corrected chi connectivity index (χ3v) is 9.96. The standard InChI is InChI=1S/C39H28BrN3/c1-39(2)29-14-8-6-12-26(29)35-30(39)19-16-23-17-20-33-36(34(23)35)28-22-25(40)18-21-32(28)43(33)38-41-31-15-9-7-13-27(31)37(42-38)24-10-4-3-5-11-24/h3-22,38,42H,1-2H3. The fourth-order valence-corrected chi connectivity index (χ4v) is 7.88. The zero-order chi connectivity index (χ0) is 28.9. The number of fused-ring (bicyclic) bond motifs is 10. The second kappa shape index (κ2) is 8.92. The van der Waals surface area contributed by atoms with Gasteiger partial charge >= 0.3 is 0 Å². The summed E-state index contributed by atoms with van der Waals surface area (Å²) in [5.74, 6) is 0. The molecule has 7 aromatic rings. The largest absolute Gasteiger partial charge is 0.345 e. The zero-order valence-electron chi connectivity index (χ0n) is 23.9. The maximum Gasteiger partial charge on any atom is 0.201 e. The van der Waals surface area contributed by atoms with Crippen LogP contribution in [0.2, 0.25) is 0 Å². The Balaban J connectivity index is 1.40. The third-order valence-electron chi connectivity index (χ3n) is 9.47. The third kappa shape index (κ3) is 3.44. The molecular weight excluding hydrogens is 590 g/mol. The second-order valence-electron chi connectivity index (χ2n) is 12.2. The Hall–Kier alpha value is -4.67. The first kappa shape index (κ1) is 24.9. The lowest BCUT2D eigenvalue weighted by atomic mass is 9.82. The van der Waals surface area contributed by atoms with Crippen LogP contribution in [-0.2, 0) is 5.41 Å². The van der Waals surface area contributed by atoms with Crippen LogP contribution in [0, 0.1) is 0 Å². The van der Waals surface area contributed by atoms with Crippen molar-refractivity contribution in [3.05, 3.63) is 153 Å². The van der Waals surface area contributed by atoms with E-state index in [1.165, 1.54) is 49.3 Å². The topological polar surface area (TPSA) is 29.3 Å². The minimum absolute atomic E-state index is 0.0647. The van der Waals surface area contributed by atoms with Crippen LogP contribution < -0.4 is 15.9 Å². The van der Waals surface area contributed by atoms with Crippen molar-refractivity contribution in [2.24, 2.45) is 4.99 Å². The molecule has 9 rings (SSSR count). The first-order chi connectivity index (χ1) is 21.0. The summed E-state index contributed by atoms with van der Waals surface area (Å²) in [5, 5.41) is 11.0. The molecule has 4 heteroatoms. The summed E-state index contributed by atoms with van der Waals surface area (Å²) in [6, 6.07) is 43.8. The molecular formula is C39H28BrN3. The molecule has 0 saturated heterocycles. The van der Waals surface area contributed by atoms with Crippen LogP contribution in [0.3, 0.4) is 0 Å². The molecule has 1 N–H and O–H groups in total. The lowest BCUT2D eigenvalue weighted by Crippen LogP contribution is -2.41. The summed E-state index contributed by atoms with van der Waals surface area (Å²) in [4.78, 5) is 5.32. The van der Waals surface area contributed by atoms with E-state index in [0.717, 1.165) is 31.8 Å². The van der Waals surface area contributed by atoms with Crippen molar-refractivity contribution in [1.29, 1.82) is 0 Å². The monoisotopic (exact) mass is 617 g/mol. The van der Waals surface area contributed by atoms with Gasteiger partial charge in [-0.3, -0.25) is 0 Å². The van der Waals surface area contributed by atoms with Gasteiger partial charge in [0.05, 0.1) is 22.1 Å². The van der Waals surface area contributed by atoms with E-state index in [-0.39, 0.29) is 11.7 Å². The first-order valence-electron chi connectivity index (χ1n) is 14.8. The van der Waals surface area contributed by atoms with Crippen LogP contribution in [0.25, 0.3) is 49.4 Å². The molecule has 0 saturated carbocycles. The number of nitrogens with zero attached hydrogens (tertiary/aromatic N) is 2. The molecule has 0 amide bonds. The van der Waals surface area contributed by atoms with Gasteiger partial charge in [-0.25, -0.2) is 4.99 Å². The van der Waals surface area contributed by atoms with Gasteiger partial charge in [0.2, 0.25) is 6.29 Å². The van der Waals surface area contributed by atoms with Crippen molar-refractivity contribution in [3.8, 4) is 11.1 Å². The highest BCUT2D eigenvalue weighted by Gasteiger charge is 2.37. The van der Waals surface area contributed by atoms with Crippen molar-refractivity contribution in [2.45, 2.75) is 25.6 Å². The first-order valence-corrected chi connectivity index (χ1v) is 15.6. The minimum atomic E-state index is -0.316. The predicted octanol–water partition coefficient (Wildman–Crippen LogP) is 8.55. The molecule has 1 aliphatic heterocycles. The number of hydrogen-bond donors (Lipinski definition) is 1. The van der Waals surface area contributed by atoms with Gasteiger partial charge in [-0.2, -0.15) is 0 Å². The molecule has 0 radical (unpaired) electrons. The van der Waals surface area contributed by atoms with Crippen LogP contribution in [0.5, 0.6) is 0 Å². The molecule has 3 nitrogen and oxygen atoms in total. The van der Waals surface area contributed by atoms with Gasteiger partial charge in [0.1, 0.15) is 0 Å². The number of hydrogen-bond acceptors (Lipinski definition) is 2. The Labute approximate surface area is 258 Å². The van der Waals surface area contributed by atoms with Crippen LogP contribution in [-0.4, -0.2) is 4.57 Å². The molecule has 0 bridgehead atoms. The van der Waals surface area contributed by atoms with E-state index in [2.05, 4.69) is 161 Å².